The second-order valence-electron chi connectivity index (χ2n) is 7.93. The Morgan fingerprint density at radius 1 is 1.23 bits per heavy atom. The van der Waals surface area contributed by atoms with Gasteiger partial charge in [-0.3, -0.25) is 0 Å². The zero-order chi connectivity index (χ0) is 18.7. The van der Waals surface area contributed by atoms with Gasteiger partial charge in [-0.05, 0) is 80.7 Å². The van der Waals surface area contributed by atoms with Crippen molar-refractivity contribution < 1.29 is 10.2 Å². The summed E-state index contributed by atoms with van der Waals surface area (Å²) in [5.74, 6) is 0.0985. The minimum Gasteiger partial charge on any atom is -0.512 e. The molecule has 2 unspecified atom stereocenters. The molecule has 2 heteroatoms. The Kier molecular flexibility index (Phi) is 5.52. The van der Waals surface area contributed by atoms with Crippen LogP contribution in [0.15, 0.2) is 77.6 Å². The molecule has 0 bridgehead atoms. The molecule has 0 amide bonds. The third-order valence-electron chi connectivity index (χ3n) is 5.80. The molecular formula is C24H30O2. The van der Waals surface area contributed by atoms with Gasteiger partial charge in [0.25, 0.3) is 0 Å². The second kappa shape index (κ2) is 7.67. The molecule has 0 aromatic heterocycles. The third kappa shape index (κ3) is 3.86. The van der Waals surface area contributed by atoms with Crippen LogP contribution in [0.4, 0.5) is 0 Å². The normalized spacial score (nSPS) is 28.8. The van der Waals surface area contributed by atoms with Crippen molar-refractivity contribution in [3.05, 3.63) is 83.2 Å². The van der Waals surface area contributed by atoms with Gasteiger partial charge in [-0.2, -0.15) is 0 Å². The Labute approximate surface area is 157 Å². The highest BCUT2D eigenvalue weighted by Crippen LogP contribution is 2.45. The zero-order valence-corrected chi connectivity index (χ0v) is 15.9. The number of hydrogen-bond donors (Lipinski definition) is 2. The SMILES string of the molecule is C=C(C)C1(O)C=C(CCc2ccccc2)C=C(O)[C@H]1C1C=C(C)CCC1. The molecule has 0 spiro atoms. The third-order valence-corrected chi connectivity index (χ3v) is 5.80. The molecule has 2 aliphatic rings. The molecule has 0 fully saturated rings. The van der Waals surface area contributed by atoms with Crippen LogP contribution in [0.2, 0.25) is 0 Å². The molecule has 3 rings (SSSR count). The van der Waals surface area contributed by atoms with Gasteiger partial charge in [0.2, 0.25) is 0 Å². The van der Waals surface area contributed by atoms with E-state index in [9.17, 15) is 10.2 Å². The van der Waals surface area contributed by atoms with Gasteiger partial charge in [0.1, 0.15) is 5.60 Å². The molecule has 0 saturated carbocycles. The lowest BCUT2D eigenvalue weighted by molar-refractivity contribution is 0.0328. The smallest absolute Gasteiger partial charge is 0.114 e. The van der Waals surface area contributed by atoms with Gasteiger partial charge >= 0.3 is 0 Å². The maximum Gasteiger partial charge on any atom is 0.114 e. The van der Waals surface area contributed by atoms with E-state index < -0.39 is 5.60 Å². The minimum atomic E-state index is -1.19. The quantitative estimate of drug-likeness (QED) is 0.672. The Bertz CT molecular complexity index is 754. The average molecular weight is 351 g/mol. The van der Waals surface area contributed by atoms with E-state index in [0.717, 1.165) is 37.7 Å². The van der Waals surface area contributed by atoms with Crippen molar-refractivity contribution in [3.8, 4) is 0 Å². The Balaban J connectivity index is 1.86. The second-order valence-corrected chi connectivity index (χ2v) is 7.93. The fourth-order valence-electron chi connectivity index (χ4n) is 4.34. The molecule has 26 heavy (non-hydrogen) atoms. The van der Waals surface area contributed by atoms with Crippen molar-refractivity contribution in [1.29, 1.82) is 0 Å². The lowest BCUT2D eigenvalue weighted by atomic mass is 9.67. The van der Waals surface area contributed by atoms with E-state index in [-0.39, 0.29) is 17.6 Å². The van der Waals surface area contributed by atoms with E-state index >= 15 is 0 Å². The molecule has 138 valence electrons. The van der Waals surface area contributed by atoms with Gasteiger partial charge in [0, 0.05) is 0 Å². The molecule has 0 aliphatic heterocycles. The van der Waals surface area contributed by atoms with E-state index in [1.807, 2.05) is 37.3 Å². The van der Waals surface area contributed by atoms with Crippen LogP contribution in [0.1, 0.15) is 45.1 Å². The summed E-state index contributed by atoms with van der Waals surface area (Å²) in [5, 5.41) is 22.3. The largest absolute Gasteiger partial charge is 0.512 e. The van der Waals surface area contributed by atoms with Crippen LogP contribution >= 0.6 is 0 Å². The fourth-order valence-corrected chi connectivity index (χ4v) is 4.34. The first-order valence-corrected chi connectivity index (χ1v) is 9.62. The Morgan fingerprint density at radius 2 is 1.96 bits per heavy atom. The molecule has 0 heterocycles. The maximum absolute atomic E-state index is 11.5. The van der Waals surface area contributed by atoms with E-state index in [4.69, 9.17) is 0 Å². The summed E-state index contributed by atoms with van der Waals surface area (Å²) in [5.41, 5.74) is 3.08. The average Bonchev–Trinajstić information content (AvgIpc) is 2.60. The summed E-state index contributed by atoms with van der Waals surface area (Å²) in [7, 11) is 0. The molecule has 0 saturated heterocycles. The van der Waals surface area contributed by atoms with Crippen LogP contribution < -0.4 is 0 Å². The number of benzene rings is 1. The number of rotatable bonds is 5. The summed E-state index contributed by atoms with van der Waals surface area (Å²) in [6.45, 7) is 8.04. The summed E-state index contributed by atoms with van der Waals surface area (Å²) in [4.78, 5) is 0. The van der Waals surface area contributed by atoms with Gasteiger partial charge in [-0.25, -0.2) is 0 Å². The molecule has 3 atom stereocenters. The predicted molar refractivity (Wildman–Crippen MR) is 108 cm³/mol. The number of aliphatic hydroxyl groups excluding tert-OH is 1. The Hall–Kier alpha value is -2.06. The van der Waals surface area contributed by atoms with Crippen LogP contribution in [-0.4, -0.2) is 15.8 Å². The molecule has 2 N–H and O–H groups in total. The number of aliphatic hydroxyl groups is 2. The number of aryl methyl sites for hydroxylation is 1. The van der Waals surface area contributed by atoms with Crippen molar-refractivity contribution in [2.45, 2.75) is 51.6 Å². The lowest BCUT2D eigenvalue weighted by Crippen LogP contribution is -2.44. The highest BCUT2D eigenvalue weighted by molar-refractivity contribution is 5.41. The summed E-state index contributed by atoms with van der Waals surface area (Å²) in [6.07, 6.45) is 10.9. The molecule has 2 nitrogen and oxygen atoms in total. The van der Waals surface area contributed by atoms with Gasteiger partial charge in [-0.15, -0.1) is 0 Å². The van der Waals surface area contributed by atoms with Gasteiger partial charge < -0.3 is 10.2 Å². The van der Waals surface area contributed by atoms with Crippen molar-refractivity contribution in [2.75, 3.05) is 0 Å². The number of allylic oxidation sites excluding steroid dienone is 4. The monoisotopic (exact) mass is 350 g/mol. The molecule has 1 aromatic carbocycles. The first-order chi connectivity index (χ1) is 12.4. The first-order valence-electron chi connectivity index (χ1n) is 9.62. The summed E-state index contributed by atoms with van der Waals surface area (Å²) in [6, 6.07) is 10.3. The van der Waals surface area contributed by atoms with E-state index in [0.29, 0.717) is 5.57 Å². The first kappa shape index (κ1) is 18.7. The van der Waals surface area contributed by atoms with Crippen LogP contribution in [0.25, 0.3) is 0 Å². The van der Waals surface area contributed by atoms with Gasteiger partial charge in [0.15, 0.2) is 0 Å². The van der Waals surface area contributed by atoms with Crippen molar-refractivity contribution in [1.82, 2.24) is 0 Å². The minimum absolute atomic E-state index is 0.147. The topological polar surface area (TPSA) is 40.5 Å². The Morgan fingerprint density at radius 3 is 2.62 bits per heavy atom. The zero-order valence-electron chi connectivity index (χ0n) is 15.9. The van der Waals surface area contributed by atoms with E-state index in [1.54, 1.807) is 0 Å². The lowest BCUT2D eigenvalue weighted by Gasteiger charge is -2.42. The van der Waals surface area contributed by atoms with Gasteiger partial charge in [0.05, 0.1) is 11.7 Å². The van der Waals surface area contributed by atoms with Crippen molar-refractivity contribution in [2.24, 2.45) is 11.8 Å². The van der Waals surface area contributed by atoms with Crippen molar-refractivity contribution in [3.63, 3.8) is 0 Å². The van der Waals surface area contributed by atoms with Crippen LogP contribution in [-0.2, 0) is 6.42 Å². The van der Waals surface area contributed by atoms with Crippen LogP contribution in [0.5, 0.6) is 0 Å². The van der Waals surface area contributed by atoms with E-state index in [2.05, 4.69) is 31.7 Å². The molecular weight excluding hydrogens is 320 g/mol. The molecule has 0 radical (unpaired) electrons. The highest BCUT2D eigenvalue weighted by Gasteiger charge is 2.45. The van der Waals surface area contributed by atoms with Crippen molar-refractivity contribution >= 4 is 0 Å². The summed E-state index contributed by atoms with van der Waals surface area (Å²) < 4.78 is 0. The predicted octanol–water partition coefficient (Wildman–Crippen LogP) is 5.67. The molecule has 2 aliphatic carbocycles. The number of hydrogen-bond acceptors (Lipinski definition) is 2. The molecule has 1 aromatic rings. The van der Waals surface area contributed by atoms with Crippen LogP contribution in [0, 0.1) is 11.8 Å². The maximum atomic E-state index is 11.5. The standard InChI is InChI=1S/C24H30O2/c1-17(2)24(26)16-20(13-12-19-9-5-4-6-10-19)15-22(25)23(24)21-11-7-8-18(3)14-21/h4-6,9-10,14-16,21,23,25-26H,1,7-8,11-13H2,2-3H3/t21?,23-,24?/m1/s1. The summed E-state index contributed by atoms with van der Waals surface area (Å²) >= 11 is 0. The van der Waals surface area contributed by atoms with Gasteiger partial charge in [-0.1, -0.05) is 48.6 Å². The fraction of sp³-hybridized carbons (Fsp3) is 0.417. The highest BCUT2D eigenvalue weighted by atomic mass is 16.3. The van der Waals surface area contributed by atoms with E-state index in [1.165, 1.54) is 11.1 Å². The van der Waals surface area contributed by atoms with Crippen LogP contribution in [0.3, 0.4) is 0 Å².